The Labute approximate surface area is 101 Å². The van der Waals surface area contributed by atoms with E-state index in [0.717, 1.165) is 18.5 Å². The van der Waals surface area contributed by atoms with Crippen LogP contribution in [0.25, 0.3) is 0 Å². The van der Waals surface area contributed by atoms with Crippen molar-refractivity contribution in [1.29, 1.82) is 0 Å². The molecule has 0 spiro atoms. The summed E-state index contributed by atoms with van der Waals surface area (Å²) >= 11 is 0. The molecule has 17 heavy (non-hydrogen) atoms. The van der Waals surface area contributed by atoms with Crippen molar-refractivity contribution in [1.82, 2.24) is 4.98 Å². The molecule has 92 valence electrons. The summed E-state index contributed by atoms with van der Waals surface area (Å²) in [6.07, 6.45) is 3.03. The first-order chi connectivity index (χ1) is 8.36. The zero-order valence-corrected chi connectivity index (χ0v) is 9.71. The Balaban J connectivity index is 1.76. The van der Waals surface area contributed by atoms with Crippen molar-refractivity contribution in [3.8, 4) is 0 Å². The first-order valence-electron chi connectivity index (χ1n) is 6.17. The van der Waals surface area contributed by atoms with Gasteiger partial charge in [-0.25, -0.2) is 0 Å². The highest BCUT2D eigenvalue weighted by atomic mass is 16.6. The van der Waals surface area contributed by atoms with E-state index in [1.807, 2.05) is 6.07 Å². The maximum Gasteiger partial charge on any atom is 0.107 e. The van der Waals surface area contributed by atoms with Crippen LogP contribution in [0.5, 0.6) is 0 Å². The van der Waals surface area contributed by atoms with Crippen molar-refractivity contribution in [3.05, 3.63) is 29.6 Å². The number of pyridine rings is 1. The molecule has 3 unspecified atom stereocenters. The molecule has 1 N–H and O–H groups in total. The molecule has 0 amide bonds. The first kappa shape index (κ1) is 11.1. The van der Waals surface area contributed by atoms with Gasteiger partial charge in [-0.1, -0.05) is 6.07 Å². The molecule has 1 aromatic rings. The predicted octanol–water partition coefficient (Wildman–Crippen LogP) is 0.888. The second kappa shape index (κ2) is 4.72. The number of aromatic nitrogens is 1. The molecule has 0 bridgehead atoms. The minimum atomic E-state index is -0.508. The van der Waals surface area contributed by atoms with E-state index >= 15 is 0 Å². The van der Waals surface area contributed by atoms with Crippen molar-refractivity contribution in [3.63, 3.8) is 0 Å². The second-order valence-electron chi connectivity index (χ2n) is 4.67. The molecule has 0 saturated carbocycles. The lowest BCUT2D eigenvalue weighted by molar-refractivity contribution is -0.137. The van der Waals surface area contributed by atoms with E-state index in [1.165, 1.54) is 5.56 Å². The summed E-state index contributed by atoms with van der Waals surface area (Å²) in [5, 5.41) is 10.4. The molecule has 4 nitrogen and oxygen atoms in total. The minimum absolute atomic E-state index is 0.0953. The Morgan fingerprint density at radius 3 is 3.18 bits per heavy atom. The molecule has 2 aliphatic rings. The highest BCUT2D eigenvalue weighted by molar-refractivity contribution is 5.29. The number of fused-ring (bicyclic) bond motifs is 1. The van der Waals surface area contributed by atoms with Gasteiger partial charge in [0.15, 0.2) is 0 Å². The Kier molecular flexibility index (Phi) is 3.09. The lowest BCUT2D eigenvalue weighted by atomic mass is 9.95. The van der Waals surface area contributed by atoms with Gasteiger partial charge in [0.25, 0.3) is 0 Å². The monoisotopic (exact) mass is 235 g/mol. The van der Waals surface area contributed by atoms with Gasteiger partial charge in [0, 0.05) is 17.8 Å². The number of hydrogen-bond acceptors (Lipinski definition) is 4. The zero-order chi connectivity index (χ0) is 11.7. The number of hydrogen-bond donors (Lipinski definition) is 1. The van der Waals surface area contributed by atoms with E-state index < -0.39 is 6.10 Å². The Bertz CT molecular complexity index is 390. The number of rotatable bonds is 2. The van der Waals surface area contributed by atoms with Gasteiger partial charge >= 0.3 is 0 Å². The van der Waals surface area contributed by atoms with Gasteiger partial charge in [-0.2, -0.15) is 0 Å². The number of aryl methyl sites for hydroxylation is 1. The number of nitrogens with zero attached hydrogens (tertiary/aromatic N) is 1. The summed E-state index contributed by atoms with van der Waals surface area (Å²) in [6, 6.07) is 4.04. The van der Waals surface area contributed by atoms with Crippen LogP contribution >= 0.6 is 0 Å². The van der Waals surface area contributed by atoms with Crippen molar-refractivity contribution >= 4 is 0 Å². The lowest BCUT2D eigenvalue weighted by Gasteiger charge is -2.30. The van der Waals surface area contributed by atoms with E-state index in [4.69, 9.17) is 9.47 Å². The molecule has 1 saturated heterocycles. The van der Waals surface area contributed by atoms with Crippen LogP contribution in [-0.4, -0.2) is 42.1 Å². The largest absolute Gasteiger partial charge is 0.390 e. The third-order valence-electron chi connectivity index (χ3n) is 3.64. The Hall–Kier alpha value is -0.970. The van der Waals surface area contributed by atoms with Gasteiger partial charge in [0.1, 0.15) is 6.10 Å². The van der Waals surface area contributed by atoms with Crippen LogP contribution < -0.4 is 0 Å². The molecule has 1 aliphatic heterocycles. The molecule has 2 heterocycles. The van der Waals surface area contributed by atoms with Gasteiger partial charge in [-0.05, 0) is 24.5 Å². The fourth-order valence-electron chi connectivity index (χ4n) is 2.74. The van der Waals surface area contributed by atoms with Gasteiger partial charge < -0.3 is 14.6 Å². The summed E-state index contributed by atoms with van der Waals surface area (Å²) in [6.45, 7) is 1.69. The average molecular weight is 235 g/mol. The topological polar surface area (TPSA) is 51.6 Å². The summed E-state index contributed by atoms with van der Waals surface area (Å²) in [7, 11) is 0. The molecule has 1 aromatic heterocycles. The standard InChI is InChI=1S/C13H17NO3/c15-13(11-8-16-6-7-17-11)10-4-3-9-2-1-5-14-12(9)10/h1-2,5,10-11,13,15H,3-4,6-8H2. The zero-order valence-electron chi connectivity index (χ0n) is 9.71. The van der Waals surface area contributed by atoms with Crippen LogP contribution in [0.1, 0.15) is 23.6 Å². The highest BCUT2D eigenvalue weighted by Crippen LogP contribution is 2.35. The quantitative estimate of drug-likeness (QED) is 0.827. The fourth-order valence-corrected chi connectivity index (χ4v) is 2.74. The molecule has 1 fully saturated rings. The van der Waals surface area contributed by atoms with Crippen LogP contribution in [-0.2, 0) is 15.9 Å². The van der Waals surface area contributed by atoms with Crippen molar-refractivity contribution in [2.75, 3.05) is 19.8 Å². The third-order valence-corrected chi connectivity index (χ3v) is 3.64. The second-order valence-corrected chi connectivity index (χ2v) is 4.67. The van der Waals surface area contributed by atoms with Crippen LogP contribution in [0.2, 0.25) is 0 Å². The maximum atomic E-state index is 10.4. The maximum absolute atomic E-state index is 10.4. The van der Waals surface area contributed by atoms with Gasteiger partial charge in [0.05, 0.1) is 25.9 Å². The Morgan fingerprint density at radius 1 is 1.41 bits per heavy atom. The van der Waals surface area contributed by atoms with Gasteiger partial charge in [-0.15, -0.1) is 0 Å². The van der Waals surface area contributed by atoms with E-state index in [9.17, 15) is 5.11 Å². The molecule has 0 radical (unpaired) electrons. The average Bonchev–Trinajstić information content (AvgIpc) is 2.83. The number of aliphatic hydroxyl groups excluding tert-OH is 1. The Morgan fingerprint density at radius 2 is 2.35 bits per heavy atom. The molecule has 3 rings (SSSR count). The van der Waals surface area contributed by atoms with Crippen LogP contribution in [0.3, 0.4) is 0 Å². The number of ether oxygens (including phenoxy) is 2. The molecular weight excluding hydrogens is 218 g/mol. The van der Waals surface area contributed by atoms with Crippen molar-refractivity contribution in [2.24, 2.45) is 0 Å². The van der Waals surface area contributed by atoms with Crippen LogP contribution in [0.4, 0.5) is 0 Å². The molecular formula is C13H17NO3. The summed E-state index contributed by atoms with van der Waals surface area (Å²) in [5.74, 6) is 0.0953. The van der Waals surface area contributed by atoms with Crippen molar-refractivity contribution in [2.45, 2.75) is 31.0 Å². The summed E-state index contributed by atoms with van der Waals surface area (Å²) in [5.41, 5.74) is 2.29. The minimum Gasteiger partial charge on any atom is -0.390 e. The SMILES string of the molecule is OC(C1COCCO1)C1CCc2cccnc21. The summed E-state index contributed by atoms with van der Waals surface area (Å²) < 4.78 is 10.9. The van der Waals surface area contributed by atoms with Crippen molar-refractivity contribution < 1.29 is 14.6 Å². The van der Waals surface area contributed by atoms with E-state index in [-0.39, 0.29) is 12.0 Å². The van der Waals surface area contributed by atoms with Gasteiger partial charge in [-0.3, -0.25) is 4.98 Å². The predicted molar refractivity (Wildman–Crippen MR) is 61.9 cm³/mol. The lowest BCUT2D eigenvalue weighted by Crippen LogP contribution is -2.41. The number of aliphatic hydroxyl groups is 1. The van der Waals surface area contributed by atoms with Gasteiger partial charge in [0.2, 0.25) is 0 Å². The molecule has 0 aromatic carbocycles. The third kappa shape index (κ3) is 2.08. The molecule has 4 heteroatoms. The smallest absolute Gasteiger partial charge is 0.107 e. The van der Waals surface area contributed by atoms with E-state index in [1.54, 1.807) is 6.20 Å². The van der Waals surface area contributed by atoms with E-state index in [0.29, 0.717) is 19.8 Å². The van der Waals surface area contributed by atoms with Crippen LogP contribution in [0.15, 0.2) is 18.3 Å². The highest BCUT2D eigenvalue weighted by Gasteiger charge is 2.36. The fraction of sp³-hybridized carbons (Fsp3) is 0.615. The first-order valence-corrected chi connectivity index (χ1v) is 6.17. The molecule has 3 atom stereocenters. The molecule has 1 aliphatic carbocycles. The van der Waals surface area contributed by atoms with E-state index in [2.05, 4.69) is 11.1 Å². The summed E-state index contributed by atoms with van der Waals surface area (Å²) in [4.78, 5) is 4.40. The normalized spacial score (nSPS) is 29.9. The van der Waals surface area contributed by atoms with Crippen LogP contribution in [0, 0.1) is 0 Å².